The first kappa shape index (κ1) is 13.4. The first-order chi connectivity index (χ1) is 7.48. The van der Waals surface area contributed by atoms with Crippen LogP contribution in [-0.2, 0) is 5.60 Å². The van der Waals surface area contributed by atoms with Crippen LogP contribution < -0.4 is 0 Å². The molecule has 0 aliphatic heterocycles. The van der Waals surface area contributed by atoms with Crippen molar-refractivity contribution in [1.82, 2.24) is 0 Å². The highest BCUT2D eigenvalue weighted by atomic mass is 35.5. The molecule has 1 unspecified atom stereocenters. The summed E-state index contributed by atoms with van der Waals surface area (Å²) in [6.45, 7) is 1.85. The Bertz CT molecular complexity index is 326. The summed E-state index contributed by atoms with van der Waals surface area (Å²) in [5, 5.41) is 10.7. The quantitative estimate of drug-likeness (QED) is 0.836. The average molecular weight is 249 g/mol. The van der Waals surface area contributed by atoms with E-state index in [1.54, 1.807) is 24.3 Å². The van der Waals surface area contributed by atoms with E-state index in [1.807, 2.05) is 6.92 Å². The molecular formula is C12H15ClF2O. The van der Waals surface area contributed by atoms with E-state index in [9.17, 15) is 13.9 Å². The van der Waals surface area contributed by atoms with Crippen LogP contribution in [0.2, 0.25) is 5.02 Å². The Hall–Kier alpha value is -0.670. The van der Waals surface area contributed by atoms with Gasteiger partial charge < -0.3 is 5.11 Å². The third-order valence-corrected chi connectivity index (χ3v) is 2.79. The fourth-order valence-electron chi connectivity index (χ4n) is 1.79. The van der Waals surface area contributed by atoms with Gasteiger partial charge in [0.25, 0.3) is 0 Å². The molecule has 0 bridgehead atoms. The van der Waals surface area contributed by atoms with Crippen molar-refractivity contribution >= 4 is 11.6 Å². The predicted octanol–water partition coefficient (Wildman–Crippen LogP) is 3.98. The van der Waals surface area contributed by atoms with Gasteiger partial charge in [0, 0.05) is 11.4 Å². The Balaban J connectivity index is 2.95. The molecule has 90 valence electrons. The van der Waals surface area contributed by atoms with Crippen LogP contribution in [-0.4, -0.2) is 11.5 Å². The molecule has 0 spiro atoms. The van der Waals surface area contributed by atoms with E-state index >= 15 is 0 Å². The van der Waals surface area contributed by atoms with E-state index < -0.39 is 18.4 Å². The van der Waals surface area contributed by atoms with Crippen LogP contribution in [0, 0.1) is 0 Å². The molecule has 0 radical (unpaired) electrons. The summed E-state index contributed by atoms with van der Waals surface area (Å²) < 4.78 is 24.9. The minimum absolute atomic E-state index is 0.318. The second-order valence-electron chi connectivity index (χ2n) is 3.88. The third-order valence-electron chi connectivity index (χ3n) is 2.54. The maximum absolute atomic E-state index is 12.4. The first-order valence-corrected chi connectivity index (χ1v) is 5.62. The number of hydrogen-bond acceptors (Lipinski definition) is 1. The summed E-state index contributed by atoms with van der Waals surface area (Å²) in [6, 6.07) is 6.40. The molecular weight excluding hydrogens is 234 g/mol. The Morgan fingerprint density at radius 2 is 1.88 bits per heavy atom. The third kappa shape index (κ3) is 3.42. The summed E-state index contributed by atoms with van der Waals surface area (Å²) >= 11 is 5.71. The van der Waals surface area contributed by atoms with Crippen molar-refractivity contribution < 1.29 is 13.9 Å². The average Bonchev–Trinajstić information content (AvgIpc) is 2.17. The summed E-state index contributed by atoms with van der Waals surface area (Å²) in [7, 11) is 0. The van der Waals surface area contributed by atoms with Crippen LogP contribution in [0.5, 0.6) is 0 Å². The van der Waals surface area contributed by atoms with Crippen LogP contribution >= 0.6 is 11.6 Å². The summed E-state index contributed by atoms with van der Waals surface area (Å²) in [5.41, 5.74) is -0.952. The zero-order valence-electron chi connectivity index (χ0n) is 9.09. The summed E-state index contributed by atoms with van der Waals surface area (Å²) in [6.07, 6.45) is -2.10. The van der Waals surface area contributed by atoms with Crippen LogP contribution in [0.15, 0.2) is 24.3 Å². The lowest BCUT2D eigenvalue weighted by atomic mass is 9.86. The zero-order valence-corrected chi connectivity index (χ0v) is 9.85. The van der Waals surface area contributed by atoms with Gasteiger partial charge in [0.2, 0.25) is 6.43 Å². The summed E-state index contributed by atoms with van der Waals surface area (Å²) in [4.78, 5) is 0. The zero-order chi connectivity index (χ0) is 12.2. The van der Waals surface area contributed by atoms with Crippen molar-refractivity contribution in [2.24, 2.45) is 0 Å². The van der Waals surface area contributed by atoms with Crippen molar-refractivity contribution in [2.75, 3.05) is 0 Å². The van der Waals surface area contributed by atoms with Gasteiger partial charge in [-0.15, -0.1) is 0 Å². The highest BCUT2D eigenvalue weighted by Gasteiger charge is 2.31. The molecule has 0 aromatic heterocycles. The molecule has 1 rings (SSSR count). The van der Waals surface area contributed by atoms with Crippen LogP contribution in [0.4, 0.5) is 8.78 Å². The van der Waals surface area contributed by atoms with Gasteiger partial charge in [-0.1, -0.05) is 37.1 Å². The molecule has 1 nitrogen and oxygen atoms in total. The van der Waals surface area contributed by atoms with Crippen molar-refractivity contribution in [1.29, 1.82) is 0 Å². The van der Waals surface area contributed by atoms with Crippen molar-refractivity contribution in [2.45, 2.75) is 38.2 Å². The maximum Gasteiger partial charge on any atom is 0.241 e. The minimum atomic E-state index is -2.52. The van der Waals surface area contributed by atoms with Crippen LogP contribution in [0.1, 0.15) is 31.7 Å². The molecule has 0 aliphatic rings. The van der Waals surface area contributed by atoms with Gasteiger partial charge in [-0.25, -0.2) is 8.78 Å². The van der Waals surface area contributed by atoms with E-state index in [2.05, 4.69) is 0 Å². The Morgan fingerprint density at radius 1 is 1.31 bits per heavy atom. The molecule has 0 amide bonds. The number of rotatable bonds is 5. The van der Waals surface area contributed by atoms with Crippen molar-refractivity contribution in [3.63, 3.8) is 0 Å². The molecule has 4 heteroatoms. The molecule has 16 heavy (non-hydrogen) atoms. The lowest BCUT2D eigenvalue weighted by molar-refractivity contribution is -0.0333. The van der Waals surface area contributed by atoms with Crippen molar-refractivity contribution in [3.8, 4) is 0 Å². The second-order valence-corrected chi connectivity index (χ2v) is 4.32. The van der Waals surface area contributed by atoms with E-state index in [-0.39, 0.29) is 0 Å². The molecule has 0 saturated carbocycles. The Labute approximate surface area is 99.0 Å². The molecule has 1 atom stereocenters. The number of benzene rings is 1. The lowest BCUT2D eigenvalue weighted by Gasteiger charge is -2.28. The van der Waals surface area contributed by atoms with Gasteiger partial charge >= 0.3 is 0 Å². The first-order valence-electron chi connectivity index (χ1n) is 5.24. The van der Waals surface area contributed by atoms with E-state index in [1.165, 1.54) is 0 Å². The SMILES string of the molecule is CCCC(O)(CC(F)F)c1ccc(Cl)cc1. The highest BCUT2D eigenvalue weighted by Crippen LogP contribution is 2.33. The van der Waals surface area contributed by atoms with Gasteiger partial charge in [-0.05, 0) is 24.1 Å². The predicted molar refractivity (Wildman–Crippen MR) is 60.9 cm³/mol. The number of hydrogen-bond donors (Lipinski definition) is 1. The van der Waals surface area contributed by atoms with Gasteiger partial charge in [0.1, 0.15) is 0 Å². The van der Waals surface area contributed by atoms with Crippen LogP contribution in [0.25, 0.3) is 0 Å². The number of aliphatic hydroxyl groups is 1. The van der Waals surface area contributed by atoms with Crippen LogP contribution in [0.3, 0.4) is 0 Å². The van der Waals surface area contributed by atoms with Gasteiger partial charge in [0.05, 0.1) is 5.60 Å². The standard InChI is InChI=1S/C12H15ClF2O/c1-2-7-12(16,8-11(14)15)9-3-5-10(13)6-4-9/h3-6,11,16H,2,7-8H2,1H3. The molecule has 0 fully saturated rings. The minimum Gasteiger partial charge on any atom is -0.385 e. The topological polar surface area (TPSA) is 20.2 Å². The Kier molecular flexibility index (Phi) is 4.69. The molecule has 1 N–H and O–H groups in total. The fourth-order valence-corrected chi connectivity index (χ4v) is 1.92. The molecule has 0 heterocycles. The molecule has 0 aliphatic carbocycles. The maximum atomic E-state index is 12.4. The second kappa shape index (κ2) is 5.60. The fraction of sp³-hybridized carbons (Fsp3) is 0.500. The van der Waals surface area contributed by atoms with Gasteiger partial charge in [-0.2, -0.15) is 0 Å². The Morgan fingerprint density at radius 3 is 2.31 bits per heavy atom. The monoisotopic (exact) mass is 248 g/mol. The smallest absolute Gasteiger partial charge is 0.241 e. The largest absolute Gasteiger partial charge is 0.385 e. The number of halogens is 3. The summed E-state index contributed by atoms with van der Waals surface area (Å²) in [5.74, 6) is 0. The van der Waals surface area contributed by atoms with E-state index in [4.69, 9.17) is 11.6 Å². The van der Waals surface area contributed by atoms with Gasteiger partial charge in [-0.3, -0.25) is 0 Å². The van der Waals surface area contributed by atoms with E-state index in [0.29, 0.717) is 23.4 Å². The normalized spacial score (nSPS) is 15.1. The molecule has 1 aromatic carbocycles. The van der Waals surface area contributed by atoms with E-state index in [0.717, 1.165) is 0 Å². The number of alkyl halides is 2. The molecule has 1 aromatic rings. The molecule has 0 saturated heterocycles. The van der Waals surface area contributed by atoms with Gasteiger partial charge in [0.15, 0.2) is 0 Å². The lowest BCUT2D eigenvalue weighted by Crippen LogP contribution is -2.28. The highest BCUT2D eigenvalue weighted by molar-refractivity contribution is 6.30. The van der Waals surface area contributed by atoms with Crippen molar-refractivity contribution in [3.05, 3.63) is 34.9 Å².